The molecule has 2 rings (SSSR count). The second kappa shape index (κ2) is 6.29. The molecule has 1 saturated heterocycles. The van der Waals surface area contributed by atoms with Gasteiger partial charge in [-0.2, -0.15) is 5.26 Å². The van der Waals surface area contributed by atoms with E-state index in [4.69, 9.17) is 37.2 Å². The molecule has 1 fully saturated rings. The number of ether oxygens (including phenoxy) is 1. The zero-order chi connectivity index (χ0) is 16.5. The molecule has 0 spiro atoms. The third-order valence-electron chi connectivity index (χ3n) is 4.04. The van der Waals surface area contributed by atoms with Crippen LogP contribution in [0.4, 0.5) is 0 Å². The first-order valence-electron chi connectivity index (χ1n) is 7.00. The zero-order valence-corrected chi connectivity index (χ0v) is 14.6. The Bertz CT molecular complexity index is 598. The molecule has 1 aromatic carbocycles. The Hall–Kier alpha value is -0.925. The van der Waals surface area contributed by atoms with Crippen LogP contribution in [0.25, 0.3) is 0 Å². The van der Waals surface area contributed by atoms with Gasteiger partial charge in [0.1, 0.15) is 12.7 Å². The summed E-state index contributed by atoms with van der Waals surface area (Å²) >= 11 is 11.8. The highest BCUT2D eigenvalue weighted by atomic mass is 35.5. The number of benzene rings is 1. The first-order valence-corrected chi connectivity index (χ1v) is 7.91. The van der Waals surface area contributed by atoms with Crippen LogP contribution < -0.4 is 10.2 Å². The maximum absolute atomic E-state index is 9.31. The SMILES string of the molecule is CC1(C)OB(c2cc(Cl)c(OCCCl)c(C#N)c2)OC1(C)C. The highest BCUT2D eigenvalue weighted by Crippen LogP contribution is 2.37. The van der Waals surface area contributed by atoms with E-state index in [1.165, 1.54) is 0 Å². The van der Waals surface area contributed by atoms with E-state index >= 15 is 0 Å². The lowest BCUT2D eigenvalue weighted by Gasteiger charge is -2.32. The predicted octanol–water partition coefficient (Wildman–Crippen LogP) is 3.13. The minimum atomic E-state index is -0.573. The summed E-state index contributed by atoms with van der Waals surface area (Å²) in [6.07, 6.45) is 0. The molecule has 7 heteroatoms. The van der Waals surface area contributed by atoms with Gasteiger partial charge in [0.15, 0.2) is 5.75 Å². The van der Waals surface area contributed by atoms with E-state index in [1.54, 1.807) is 12.1 Å². The molecule has 1 heterocycles. The summed E-state index contributed by atoms with van der Waals surface area (Å²) in [5.41, 5.74) is 0.121. The number of hydrogen-bond acceptors (Lipinski definition) is 4. The van der Waals surface area contributed by atoms with Crippen molar-refractivity contribution in [3.8, 4) is 11.8 Å². The van der Waals surface area contributed by atoms with Crippen LogP contribution in [0, 0.1) is 11.3 Å². The molecule has 4 nitrogen and oxygen atoms in total. The Balaban J connectivity index is 2.35. The Morgan fingerprint density at radius 1 is 1.23 bits per heavy atom. The lowest BCUT2D eigenvalue weighted by molar-refractivity contribution is 0.00578. The van der Waals surface area contributed by atoms with E-state index in [-0.39, 0.29) is 6.61 Å². The highest BCUT2D eigenvalue weighted by molar-refractivity contribution is 6.62. The lowest BCUT2D eigenvalue weighted by Crippen LogP contribution is -2.41. The summed E-state index contributed by atoms with van der Waals surface area (Å²) in [7, 11) is -0.573. The van der Waals surface area contributed by atoms with E-state index in [2.05, 4.69) is 6.07 Å². The number of hydrogen-bond donors (Lipinski definition) is 0. The van der Waals surface area contributed by atoms with Crippen molar-refractivity contribution in [3.05, 3.63) is 22.7 Å². The Morgan fingerprint density at radius 2 is 1.82 bits per heavy atom. The van der Waals surface area contributed by atoms with Crippen LogP contribution in [0.1, 0.15) is 33.3 Å². The van der Waals surface area contributed by atoms with E-state index in [9.17, 15) is 5.26 Å². The highest BCUT2D eigenvalue weighted by Gasteiger charge is 2.51. The molecule has 0 bridgehead atoms. The van der Waals surface area contributed by atoms with Crippen LogP contribution in [0.5, 0.6) is 5.75 Å². The molecule has 0 unspecified atom stereocenters. The van der Waals surface area contributed by atoms with Crippen molar-refractivity contribution in [2.45, 2.75) is 38.9 Å². The summed E-state index contributed by atoms with van der Waals surface area (Å²) in [6.45, 7) is 8.16. The molecule has 118 valence electrons. The topological polar surface area (TPSA) is 51.5 Å². The molecular weight excluding hydrogens is 324 g/mol. The van der Waals surface area contributed by atoms with Crippen LogP contribution >= 0.6 is 23.2 Å². The van der Waals surface area contributed by atoms with Crippen LogP contribution in [0.2, 0.25) is 5.02 Å². The first kappa shape index (κ1) is 17.4. The molecule has 0 amide bonds. The van der Waals surface area contributed by atoms with Gasteiger partial charge in [-0.05, 0) is 45.3 Å². The first-order chi connectivity index (χ1) is 10.2. The van der Waals surface area contributed by atoms with Crippen molar-refractivity contribution in [1.29, 1.82) is 5.26 Å². The van der Waals surface area contributed by atoms with Crippen LogP contribution in [-0.4, -0.2) is 30.8 Å². The van der Waals surface area contributed by atoms with Gasteiger partial charge in [-0.3, -0.25) is 0 Å². The second-order valence-electron chi connectivity index (χ2n) is 6.12. The summed E-state index contributed by atoms with van der Waals surface area (Å²) in [4.78, 5) is 0. The fourth-order valence-corrected chi connectivity index (χ4v) is 2.46. The molecule has 0 atom stereocenters. The van der Waals surface area contributed by atoms with Crippen molar-refractivity contribution in [2.75, 3.05) is 12.5 Å². The second-order valence-corrected chi connectivity index (χ2v) is 6.90. The van der Waals surface area contributed by atoms with Gasteiger partial charge in [-0.15, -0.1) is 11.6 Å². The van der Waals surface area contributed by atoms with E-state index in [0.717, 1.165) is 0 Å². The maximum Gasteiger partial charge on any atom is 0.494 e. The van der Waals surface area contributed by atoms with E-state index < -0.39 is 18.3 Å². The number of nitrogens with zero attached hydrogens (tertiary/aromatic N) is 1. The molecular formula is C15H18BCl2NO3. The van der Waals surface area contributed by atoms with Crippen molar-refractivity contribution >= 4 is 35.8 Å². The quantitative estimate of drug-likeness (QED) is 0.623. The molecule has 0 radical (unpaired) electrons. The van der Waals surface area contributed by atoms with E-state index in [0.29, 0.717) is 27.7 Å². The molecule has 1 aliphatic rings. The standard InChI is InChI=1S/C15H18BCl2NO3/c1-14(2)15(3,4)22-16(21-14)11-7-10(9-19)13(12(18)8-11)20-6-5-17/h7-8H,5-6H2,1-4H3. The molecule has 0 saturated carbocycles. The molecule has 1 aromatic rings. The summed E-state index contributed by atoms with van der Waals surface area (Å²) in [5, 5.41) is 9.65. The summed E-state index contributed by atoms with van der Waals surface area (Å²) in [5.74, 6) is 0.658. The Kier molecular flexibility index (Phi) is 4.98. The Morgan fingerprint density at radius 3 is 2.32 bits per heavy atom. The molecule has 22 heavy (non-hydrogen) atoms. The van der Waals surface area contributed by atoms with Crippen molar-refractivity contribution < 1.29 is 14.0 Å². The minimum Gasteiger partial charge on any atom is -0.489 e. The van der Waals surface area contributed by atoms with Crippen LogP contribution in [0.15, 0.2) is 12.1 Å². The van der Waals surface area contributed by atoms with Gasteiger partial charge in [0, 0.05) is 0 Å². The van der Waals surface area contributed by atoms with Gasteiger partial charge < -0.3 is 14.0 Å². The number of halogens is 2. The number of nitriles is 1. The Labute approximate surface area is 141 Å². The van der Waals surface area contributed by atoms with Crippen LogP contribution in [-0.2, 0) is 9.31 Å². The van der Waals surface area contributed by atoms with Crippen molar-refractivity contribution in [1.82, 2.24) is 0 Å². The average Bonchev–Trinajstić information content (AvgIpc) is 2.65. The molecule has 0 aliphatic carbocycles. The average molecular weight is 342 g/mol. The summed E-state index contributed by atoms with van der Waals surface area (Å²) in [6, 6.07) is 5.47. The lowest BCUT2D eigenvalue weighted by atomic mass is 9.78. The van der Waals surface area contributed by atoms with Gasteiger partial charge in [-0.1, -0.05) is 11.6 Å². The van der Waals surface area contributed by atoms with Gasteiger partial charge >= 0.3 is 7.12 Å². The third kappa shape index (κ3) is 3.21. The van der Waals surface area contributed by atoms with Crippen LogP contribution in [0.3, 0.4) is 0 Å². The third-order valence-corrected chi connectivity index (χ3v) is 4.47. The number of rotatable bonds is 4. The van der Waals surface area contributed by atoms with Crippen molar-refractivity contribution in [2.24, 2.45) is 0 Å². The van der Waals surface area contributed by atoms with Gasteiger partial charge in [0.2, 0.25) is 0 Å². The van der Waals surface area contributed by atoms with Gasteiger partial charge in [0.05, 0.1) is 27.7 Å². The zero-order valence-electron chi connectivity index (χ0n) is 13.1. The predicted molar refractivity (Wildman–Crippen MR) is 88.1 cm³/mol. The fraction of sp³-hybridized carbons (Fsp3) is 0.533. The fourth-order valence-electron chi connectivity index (χ4n) is 2.10. The minimum absolute atomic E-state index is 0.284. The smallest absolute Gasteiger partial charge is 0.489 e. The normalized spacial score (nSPS) is 19.0. The molecule has 1 aliphatic heterocycles. The summed E-state index contributed by atoms with van der Waals surface area (Å²) < 4.78 is 17.4. The molecule has 0 N–H and O–H groups in total. The van der Waals surface area contributed by atoms with Gasteiger partial charge in [-0.25, -0.2) is 0 Å². The molecule has 0 aromatic heterocycles. The van der Waals surface area contributed by atoms with Crippen molar-refractivity contribution in [3.63, 3.8) is 0 Å². The monoisotopic (exact) mass is 341 g/mol. The maximum atomic E-state index is 9.31. The van der Waals surface area contributed by atoms with E-state index in [1.807, 2.05) is 27.7 Å². The van der Waals surface area contributed by atoms with Gasteiger partial charge in [0.25, 0.3) is 0 Å². The largest absolute Gasteiger partial charge is 0.494 e. The number of alkyl halides is 1.